The van der Waals surface area contributed by atoms with Crippen LogP contribution in [-0.4, -0.2) is 37.8 Å². The van der Waals surface area contributed by atoms with Gasteiger partial charge in [0.1, 0.15) is 0 Å². The van der Waals surface area contributed by atoms with Crippen molar-refractivity contribution in [2.24, 2.45) is 0 Å². The third-order valence-corrected chi connectivity index (χ3v) is 4.08. The molecular weight excluding hydrogens is 264 g/mol. The summed E-state index contributed by atoms with van der Waals surface area (Å²) < 4.78 is 22.8. The first-order valence-corrected chi connectivity index (χ1v) is 7.54. The molecule has 1 N–H and O–H groups in total. The third kappa shape index (κ3) is 3.07. The Morgan fingerprint density at radius 1 is 1.29 bits per heavy atom. The summed E-state index contributed by atoms with van der Waals surface area (Å²) in [5, 5.41) is 8.55. The van der Waals surface area contributed by atoms with Crippen LogP contribution in [0.3, 0.4) is 0 Å². The first-order chi connectivity index (χ1) is 7.77. The van der Waals surface area contributed by atoms with E-state index in [1.165, 1.54) is 18.2 Å². The maximum absolute atomic E-state index is 11.4. The highest BCUT2D eigenvalue weighted by Gasteiger charge is 2.19. The number of sulfone groups is 1. The Hall–Kier alpha value is -1.34. The van der Waals surface area contributed by atoms with Crippen LogP contribution in [0, 0.1) is 0 Å². The quantitative estimate of drug-likeness (QED) is 0.502. The van der Waals surface area contributed by atoms with Gasteiger partial charge in [-0.1, -0.05) is 0 Å². The first-order valence-electron chi connectivity index (χ1n) is 4.43. The molecule has 92 valence electrons. The largest absolute Gasteiger partial charge is 0.475 e. The van der Waals surface area contributed by atoms with Gasteiger partial charge in [-0.25, -0.2) is 13.2 Å². The molecule has 0 amide bonds. The number of benzene rings is 1. The van der Waals surface area contributed by atoms with E-state index < -0.39 is 21.6 Å². The molecule has 0 heterocycles. The highest BCUT2D eigenvalue weighted by atomic mass is 32.2. The Morgan fingerprint density at radius 3 is 2.29 bits per heavy atom. The van der Waals surface area contributed by atoms with Crippen molar-refractivity contribution in [3.63, 3.8) is 0 Å². The lowest BCUT2D eigenvalue weighted by Gasteiger charge is -2.06. The maximum Gasteiger partial charge on any atom is 0.377 e. The van der Waals surface area contributed by atoms with Crippen molar-refractivity contribution >= 4 is 33.4 Å². The zero-order chi connectivity index (χ0) is 13.2. The maximum atomic E-state index is 11.4. The van der Waals surface area contributed by atoms with Crippen LogP contribution >= 0.6 is 11.8 Å². The van der Waals surface area contributed by atoms with Gasteiger partial charge in [0.05, 0.1) is 4.90 Å². The van der Waals surface area contributed by atoms with Crippen molar-refractivity contribution < 1.29 is 23.1 Å². The van der Waals surface area contributed by atoms with Crippen LogP contribution in [0.15, 0.2) is 28.0 Å². The average molecular weight is 274 g/mol. The van der Waals surface area contributed by atoms with Crippen molar-refractivity contribution in [3.8, 4) is 0 Å². The number of hydrogen-bond donors (Lipinski definition) is 1. The summed E-state index contributed by atoms with van der Waals surface area (Å²) in [6.45, 7) is 0. The molecule has 1 aromatic carbocycles. The van der Waals surface area contributed by atoms with Crippen LogP contribution in [0.5, 0.6) is 0 Å². The Kier molecular flexibility index (Phi) is 3.94. The molecule has 0 aromatic heterocycles. The number of aliphatic carboxylic acids is 1. The van der Waals surface area contributed by atoms with Gasteiger partial charge in [-0.2, -0.15) is 0 Å². The summed E-state index contributed by atoms with van der Waals surface area (Å²) in [6.07, 6.45) is 2.71. The number of carbonyl (C=O) groups excluding carboxylic acids is 1. The molecule has 7 heteroatoms. The van der Waals surface area contributed by atoms with Crippen molar-refractivity contribution in [3.05, 3.63) is 23.8 Å². The van der Waals surface area contributed by atoms with E-state index in [0.717, 1.165) is 18.0 Å². The molecule has 0 saturated heterocycles. The van der Waals surface area contributed by atoms with Crippen molar-refractivity contribution in [1.29, 1.82) is 0 Å². The molecule has 1 aromatic rings. The number of thioether (sulfide) groups is 1. The van der Waals surface area contributed by atoms with Crippen LogP contribution < -0.4 is 0 Å². The first kappa shape index (κ1) is 13.7. The fraction of sp³-hybridized carbons (Fsp3) is 0.200. The second-order valence-corrected chi connectivity index (χ2v) is 6.10. The minimum Gasteiger partial charge on any atom is -0.475 e. The molecule has 0 fully saturated rings. The minimum atomic E-state index is -3.39. The second kappa shape index (κ2) is 4.89. The van der Waals surface area contributed by atoms with Gasteiger partial charge in [0.15, 0.2) is 9.84 Å². The molecule has 0 unspecified atom stereocenters. The van der Waals surface area contributed by atoms with E-state index in [1.54, 1.807) is 6.26 Å². The van der Waals surface area contributed by atoms with Gasteiger partial charge >= 0.3 is 5.97 Å². The fourth-order valence-electron chi connectivity index (χ4n) is 1.24. The Labute approximate surface area is 103 Å². The Balaban J connectivity index is 3.37. The summed E-state index contributed by atoms with van der Waals surface area (Å²) in [4.78, 5) is 22.2. The highest BCUT2D eigenvalue weighted by molar-refractivity contribution is 7.99. The van der Waals surface area contributed by atoms with E-state index in [-0.39, 0.29) is 10.5 Å². The summed E-state index contributed by atoms with van der Waals surface area (Å²) in [6, 6.07) is 3.72. The zero-order valence-corrected chi connectivity index (χ0v) is 10.8. The van der Waals surface area contributed by atoms with Crippen molar-refractivity contribution in [2.75, 3.05) is 12.5 Å². The molecule has 0 bridgehead atoms. The molecule has 0 aliphatic rings. The van der Waals surface area contributed by atoms with Gasteiger partial charge in [0.25, 0.3) is 5.78 Å². The van der Waals surface area contributed by atoms with E-state index in [4.69, 9.17) is 5.11 Å². The third-order valence-electron chi connectivity index (χ3n) is 2.02. The lowest BCUT2D eigenvalue weighted by Crippen LogP contribution is -2.13. The lowest BCUT2D eigenvalue weighted by atomic mass is 10.1. The average Bonchev–Trinajstić information content (AvgIpc) is 2.25. The van der Waals surface area contributed by atoms with Crippen molar-refractivity contribution in [2.45, 2.75) is 9.79 Å². The van der Waals surface area contributed by atoms with Crippen LogP contribution in [0.1, 0.15) is 10.4 Å². The predicted molar refractivity (Wildman–Crippen MR) is 63.3 cm³/mol. The predicted octanol–water partition coefficient (Wildman–Crippen LogP) is 1.08. The van der Waals surface area contributed by atoms with E-state index in [9.17, 15) is 18.0 Å². The topological polar surface area (TPSA) is 88.5 Å². The molecule has 17 heavy (non-hydrogen) atoms. The monoisotopic (exact) mass is 274 g/mol. The van der Waals surface area contributed by atoms with Crippen LogP contribution in [0.2, 0.25) is 0 Å². The van der Waals surface area contributed by atoms with E-state index >= 15 is 0 Å². The van der Waals surface area contributed by atoms with Crippen LogP contribution in [0.25, 0.3) is 0 Å². The van der Waals surface area contributed by atoms with Crippen LogP contribution in [-0.2, 0) is 14.6 Å². The molecule has 0 radical (unpaired) electrons. The van der Waals surface area contributed by atoms with Gasteiger partial charge in [0.2, 0.25) is 0 Å². The summed E-state index contributed by atoms with van der Waals surface area (Å²) >= 11 is 1.14. The van der Waals surface area contributed by atoms with Gasteiger partial charge in [-0.3, -0.25) is 4.79 Å². The Morgan fingerprint density at radius 2 is 1.88 bits per heavy atom. The second-order valence-electron chi connectivity index (χ2n) is 3.27. The van der Waals surface area contributed by atoms with Gasteiger partial charge < -0.3 is 5.11 Å². The van der Waals surface area contributed by atoms with Crippen molar-refractivity contribution in [1.82, 2.24) is 0 Å². The summed E-state index contributed by atoms with van der Waals surface area (Å²) in [7, 11) is -3.39. The molecule has 0 spiro atoms. The van der Waals surface area contributed by atoms with E-state index in [0.29, 0.717) is 4.90 Å². The smallest absolute Gasteiger partial charge is 0.377 e. The van der Waals surface area contributed by atoms with Crippen LogP contribution in [0.4, 0.5) is 0 Å². The normalized spacial score (nSPS) is 11.2. The fourth-order valence-corrected chi connectivity index (χ4v) is 3.20. The number of hydrogen-bond acceptors (Lipinski definition) is 5. The zero-order valence-electron chi connectivity index (χ0n) is 9.13. The number of rotatable bonds is 4. The lowest BCUT2D eigenvalue weighted by molar-refractivity contribution is -0.131. The van der Waals surface area contributed by atoms with Gasteiger partial charge in [-0.15, -0.1) is 11.8 Å². The minimum absolute atomic E-state index is 0.0331. The summed E-state index contributed by atoms with van der Waals surface area (Å²) in [5.41, 5.74) is -0.0331. The van der Waals surface area contributed by atoms with Gasteiger partial charge in [0, 0.05) is 16.7 Å². The van der Waals surface area contributed by atoms with E-state index in [2.05, 4.69) is 0 Å². The SMILES string of the molecule is CSc1cc(C(=O)C(=O)O)ccc1S(C)(=O)=O. The number of carboxylic acids is 1. The molecular formula is C10H10O5S2. The molecule has 0 aliphatic heterocycles. The highest BCUT2D eigenvalue weighted by Crippen LogP contribution is 2.26. The van der Waals surface area contributed by atoms with E-state index in [1.807, 2.05) is 0 Å². The molecule has 0 aliphatic carbocycles. The molecule has 0 saturated carbocycles. The number of carbonyl (C=O) groups is 2. The standard InChI is InChI=1S/C10H10O5S2/c1-16-7-5-6(9(11)10(12)13)3-4-8(7)17(2,14)15/h3-5H,1-2H3,(H,12,13). The molecule has 5 nitrogen and oxygen atoms in total. The van der Waals surface area contributed by atoms with Gasteiger partial charge in [-0.05, 0) is 24.5 Å². The molecule has 1 rings (SSSR count). The summed E-state index contributed by atoms with van der Waals surface area (Å²) in [5.74, 6) is -2.62. The Bertz CT molecular complexity index is 574. The molecule has 0 atom stereocenters. The number of ketones is 1. The number of carboxylic acid groups (broad SMARTS) is 1. The number of Topliss-reactive ketones (excluding diaryl/α,β-unsaturated/α-hetero) is 1.